The first kappa shape index (κ1) is 18.8. The molecule has 1 aromatic carbocycles. The van der Waals surface area contributed by atoms with E-state index >= 15 is 0 Å². The molecule has 1 rings (SSSR count). The number of nitrogens with one attached hydrogen (secondary N) is 1. The van der Waals surface area contributed by atoms with Crippen molar-refractivity contribution in [3.63, 3.8) is 0 Å². The smallest absolute Gasteiger partial charge is 0.346 e. The number of nitrogens with zero attached hydrogens (tertiary/aromatic N) is 1. The van der Waals surface area contributed by atoms with Crippen molar-refractivity contribution in [3.05, 3.63) is 22.2 Å². The lowest BCUT2D eigenvalue weighted by atomic mass is 10.2. The second kappa shape index (κ2) is 8.99. The van der Waals surface area contributed by atoms with Crippen LogP contribution in [0.25, 0.3) is 0 Å². The first-order chi connectivity index (χ1) is 10.9. The van der Waals surface area contributed by atoms with Crippen molar-refractivity contribution in [1.29, 1.82) is 0 Å². The molecule has 0 heterocycles. The highest BCUT2D eigenvalue weighted by Crippen LogP contribution is 2.37. The van der Waals surface area contributed by atoms with Crippen LogP contribution < -0.4 is 20.6 Å². The third-order valence-corrected chi connectivity index (χ3v) is 3.14. The zero-order valence-corrected chi connectivity index (χ0v) is 14.5. The summed E-state index contributed by atoms with van der Waals surface area (Å²) in [7, 11) is 1.28. The Morgan fingerprint density at radius 3 is 2.74 bits per heavy atom. The molecule has 0 aromatic heterocycles. The summed E-state index contributed by atoms with van der Waals surface area (Å²) >= 11 is 3.36. The monoisotopic (exact) mass is 387 g/mol. The van der Waals surface area contributed by atoms with Crippen LogP contribution in [0, 0.1) is 0 Å². The Balaban J connectivity index is 3.08. The number of methoxy groups -OCH3 is 1. The van der Waals surface area contributed by atoms with Gasteiger partial charge >= 0.3 is 12.0 Å². The lowest BCUT2D eigenvalue weighted by Gasteiger charge is -2.17. The van der Waals surface area contributed by atoms with E-state index in [0.717, 1.165) is 0 Å². The molecule has 0 bridgehead atoms. The molecule has 0 spiro atoms. The van der Waals surface area contributed by atoms with E-state index in [1.54, 1.807) is 19.1 Å². The summed E-state index contributed by atoms with van der Waals surface area (Å²) in [6.07, 6.45) is 0.595. The van der Waals surface area contributed by atoms with Crippen molar-refractivity contribution >= 4 is 34.1 Å². The first-order valence-corrected chi connectivity index (χ1v) is 7.47. The second-order valence-electron chi connectivity index (χ2n) is 4.28. The van der Waals surface area contributed by atoms with Gasteiger partial charge in [-0.3, -0.25) is 0 Å². The SMILES string of the molecule is CCOc1cc(C=NNC(N)=O)cc(Br)c1OC(C)C(=O)OC. The van der Waals surface area contributed by atoms with E-state index in [4.69, 9.17) is 15.2 Å². The number of carbonyl (C=O) groups is 2. The standard InChI is InChI=1S/C14H18BrN3O5/c1-4-22-11-6-9(7-17-18-14(16)20)5-10(15)12(11)23-8(2)13(19)21-3/h5-8H,4H2,1-3H3,(H3,16,18,20). The third kappa shape index (κ3) is 5.78. The molecular weight excluding hydrogens is 370 g/mol. The molecule has 0 aliphatic heterocycles. The van der Waals surface area contributed by atoms with Crippen LogP contribution in [0.3, 0.4) is 0 Å². The number of benzene rings is 1. The Labute approximate surface area is 142 Å². The van der Waals surface area contributed by atoms with E-state index in [1.807, 2.05) is 6.92 Å². The number of ether oxygens (including phenoxy) is 3. The number of halogens is 1. The number of rotatable bonds is 7. The number of nitrogens with two attached hydrogens (primary N) is 1. The average molecular weight is 388 g/mol. The first-order valence-electron chi connectivity index (χ1n) is 6.68. The minimum absolute atomic E-state index is 0.366. The minimum atomic E-state index is -0.799. The molecule has 3 N–H and O–H groups in total. The molecule has 8 nitrogen and oxygen atoms in total. The number of esters is 1. The molecule has 0 aliphatic carbocycles. The van der Waals surface area contributed by atoms with E-state index in [0.29, 0.717) is 28.1 Å². The van der Waals surface area contributed by atoms with Gasteiger partial charge in [0.2, 0.25) is 0 Å². The van der Waals surface area contributed by atoms with Crippen molar-refractivity contribution in [3.8, 4) is 11.5 Å². The molecule has 0 aliphatic rings. The highest BCUT2D eigenvalue weighted by atomic mass is 79.9. The molecule has 1 aromatic rings. The summed E-state index contributed by atoms with van der Waals surface area (Å²) in [6, 6.07) is 2.57. The van der Waals surface area contributed by atoms with Gasteiger partial charge in [0.1, 0.15) is 0 Å². The minimum Gasteiger partial charge on any atom is -0.490 e. The Bertz CT molecular complexity index is 606. The van der Waals surface area contributed by atoms with Crippen LogP contribution in [-0.2, 0) is 9.53 Å². The summed E-state index contributed by atoms with van der Waals surface area (Å²) in [5, 5.41) is 3.67. The van der Waals surface area contributed by atoms with Gasteiger partial charge in [0.05, 0.1) is 24.4 Å². The number of amides is 2. The fourth-order valence-corrected chi connectivity index (χ4v) is 2.15. The second-order valence-corrected chi connectivity index (χ2v) is 5.13. The molecule has 0 radical (unpaired) electrons. The van der Waals surface area contributed by atoms with Crippen LogP contribution in [-0.4, -0.2) is 38.0 Å². The predicted molar refractivity (Wildman–Crippen MR) is 87.7 cm³/mol. The van der Waals surface area contributed by atoms with Crippen LogP contribution in [0.4, 0.5) is 4.79 Å². The molecule has 9 heteroatoms. The normalized spacial score (nSPS) is 11.8. The fraction of sp³-hybridized carbons (Fsp3) is 0.357. The zero-order chi connectivity index (χ0) is 17.4. The van der Waals surface area contributed by atoms with E-state index in [9.17, 15) is 9.59 Å². The molecule has 0 saturated heterocycles. The van der Waals surface area contributed by atoms with Gasteiger partial charge in [0, 0.05) is 0 Å². The van der Waals surface area contributed by atoms with Gasteiger partial charge in [-0.1, -0.05) is 0 Å². The van der Waals surface area contributed by atoms with Crippen molar-refractivity contribution in [2.45, 2.75) is 20.0 Å². The fourth-order valence-electron chi connectivity index (χ4n) is 1.60. The van der Waals surface area contributed by atoms with Crippen LogP contribution in [0.1, 0.15) is 19.4 Å². The van der Waals surface area contributed by atoms with Crippen LogP contribution in [0.2, 0.25) is 0 Å². The van der Waals surface area contributed by atoms with Gasteiger partial charge < -0.3 is 19.9 Å². The van der Waals surface area contributed by atoms with E-state index in [1.165, 1.54) is 13.3 Å². The predicted octanol–water partition coefficient (Wildman–Crippen LogP) is 1.79. The van der Waals surface area contributed by atoms with Crippen LogP contribution in [0.5, 0.6) is 11.5 Å². The summed E-state index contributed by atoms with van der Waals surface area (Å²) < 4.78 is 16.3. The highest BCUT2D eigenvalue weighted by molar-refractivity contribution is 9.10. The van der Waals surface area contributed by atoms with Gasteiger partial charge in [0.15, 0.2) is 17.6 Å². The molecule has 126 valence electrons. The topological polar surface area (TPSA) is 112 Å². The van der Waals surface area contributed by atoms with Gasteiger partial charge in [-0.25, -0.2) is 15.0 Å². The molecule has 1 atom stereocenters. The number of hydrogen-bond donors (Lipinski definition) is 2. The van der Waals surface area contributed by atoms with Crippen molar-refractivity contribution in [2.24, 2.45) is 10.8 Å². The maximum atomic E-state index is 11.5. The summed E-state index contributed by atoms with van der Waals surface area (Å²) in [5.41, 5.74) is 7.65. The maximum absolute atomic E-state index is 11.5. The van der Waals surface area contributed by atoms with Crippen LogP contribution >= 0.6 is 15.9 Å². The summed E-state index contributed by atoms with van der Waals surface area (Å²) in [5.74, 6) is 0.276. The molecule has 2 amide bonds. The number of primary amides is 1. The number of urea groups is 1. The third-order valence-electron chi connectivity index (χ3n) is 2.55. The molecular formula is C14H18BrN3O5. The summed E-state index contributed by atoms with van der Waals surface area (Å²) in [4.78, 5) is 22.1. The van der Waals surface area contributed by atoms with Gasteiger partial charge in [0.25, 0.3) is 0 Å². The van der Waals surface area contributed by atoms with Crippen molar-refractivity contribution in [2.75, 3.05) is 13.7 Å². The Kier molecular flexibility index (Phi) is 7.33. The maximum Gasteiger partial charge on any atom is 0.346 e. The molecule has 0 saturated carbocycles. The molecule has 1 unspecified atom stereocenters. The number of carbonyl (C=O) groups excluding carboxylic acids is 2. The van der Waals surface area contributed by atoms with Gasteiger partial charge in [-0.05, 0) is 47.5 Å². The van der Waals surface area contributed by atoms with Gasteiger partial charge in [-0.15, -0.1) is 0 Å². The van der Waals surface area contributed by atoms with Crippen molar-refractivity contribution in [1.82, 2.24) is 5.43 Å². The lowest BCUT2D eigenvalue weighted by Crippen LogP contribution is -2.25. The Hall–Kier alpha value is -2.29. The largest absolute Gasteiger partial charge is 0.490 e. The zero-order valence-electron chi connectivity index (χ0n) is 13.0. The molecule has 23 heavy (non-hydrogen) atoms. The average Bonchev–Trinajstić information content (AvgIpc) is 2.49. The van der Waals surface area contributed by atoms with Crippen molar-refractivity contribution < 1.29 is 23.8 Å². The van der Waals surface area contributed by atoms with Crippen LogP contribution in [0.15, 0.2) is 21.7 Å². The Morgan fingerprint density at radius 2 is 2.17 bits per heavy atom. The van der Waals surface area contributed by atoms with E-state index in [2.05, 4.69) is 31.2 Å². The molecule has 0 fully saturated rings. The number of hydrazone groups is 1. The van der Waals surface area contributed by atoms with E-state index < -0.39 is 18.1 Å². The van der Waals surface area contributed by atoms with E-state index in [-0.39, 0.29) is 0 Å². The lowest BCUT2D eigenvalue weighted by molar-refractivity contribution is -0.147. The Morgan fingerprint density at radius 1 is 1.48 bits per heavy atom. The quantitative estimate of drug-likeness (QED) is 0.420. The number of hydrogen-bond acceptors (Lipinski definition) is 6. The highest BCUT2D eigenvalue weighted by Gasteiger charge is 2.20. The van der Waals surface area contributed by atoms with Gasteiger partial charge in [-0.2, -0.15) is 5.10 Å². The summed E-state index contributed by atoms with van der Waals surface area (Å²) in [6.45, 7) is 3.78.